The van der Waals surface area contributed by atoms with Gasteiger partial charge in [0.15, 0.2) is 0 Å². The second kappa shape index (κ2) is 4.77. The molecular formula is C13H14N3O2S-. The number of hydrogen-bond acceptors (Lipinski definition) is 6. The molecular weight excluding hydrogens is 262 g/mol. The van der Waals surface area contributed by atoms with Crippen molar-refractivity contribution in [2.24, 2.45) is 5.92 Å². The predicted molar refractivity (Wildman–Crippen MR) is 72.1 cm³/mol. The third-order valence-corrected chi connectivity index (χ3v) is 4.52. The Bertz CT molecular complexity index is 617. The summed E-state index contributed by atoms with van der Waals surface area (Å²) in [5.74, 6) is -0.331. The molecule has 5 nitrogen and oxygen atoms in total. The van der Waals surface area contributed by atoms with Gasteiger partial charge in [0.1, 0.15) is 17.0 Å². The number of thiophene rings is 1. The van der Waals surface area contributed by atoms with Gasteiger partial charge in [0.25, 0.3) is 0 Å². The average Bonchev–Trinajstić information content (AvgIpc) is 2.78. The highest BCUT2D eigenvalue weighted by atomic mass is 32.1. The van der Waals surface area contributed by atoms with Crippen molar-refractivity contribution in [1.82, 2.24) is 9.97 Å². The third kappa shape index (κ3) is 2.28. The number of aliphatic carboxylic acids is 1. The first-order chi connectivity index (χ1) is 9.15. The molecule has 100 valence electrons. The lowest BCUT2D eigenvalue weighted by atomic mass is 9.97. The minimum atomic E-state index is -0.932. The van der Waals surface area contributed by atoms with Crippen molar-refractivity contribution in [2.75, 3.05) is 18.0 Å². The largest absolute Gasteiger partial charge is 0.550 e. The number of fused-ring (bicyclic) bond motifs is 1. The number of aryl methyl sites for hydroxylation is 1. The van der Waals surface area contributed by atoms with Crippen LogP contribution in [0.15, 0.2) is 12.4 Å². The molecule has 0 bridgehead atoms. The van der Waals surface area contributed by atoms with E-state index in [1.54, 1.807) is 17.7 Å². The lowest BCUT2D eigenvalue weighted by Crippen LogP contribution is -2.41. The van der Waals surface area contributed by atoms with Crippen LogP contribution in [0.5, 0.6) is 0 Å². The number of piperidine rings is 1. The Labute approximate surface area is 114 Å². The molecule has 0 unspecified atom stereocenters. The fraction of sp³-hybridized carbons (Fsp3) is 0.462. The van der Waals surface area contributed by atoms with Crippen molar-refractivity contribution < 1.29 is 9.90 Å². The van der Waals surface area contributed by atoms with Gasteiger partial charge in [0.05, 0.1) is 5.39 Å². The Balaban J connectivity index is 1.87. The maximum absolute atomic E-state index is 10.9. The third-order valence-electron chi connectivity index (χ3n) is 3.56. The number of hydrogen-bond donors (Lipinski definition) is 0. The van der Waals surface area contributed by atoms with Crippen molar-refractivity contribution >= 4 is 33.3 Å². The highest BCUT2D eigenvalue weighted by molar-refractivity contribution is 7.18. The van der Waals surface area contributed by atoms with Crippen molar-refractivity contribution in [3.63, 3.8) is 0 Å². The summed E-state index contributed by atoms with van der Waals surface area (Å²) in [4.78, 5) is 23.9. The van der Waals surface area contributed by atoms with E-state index in [1.807, 2.05) is 0 Å². The second-order valence-electron chi connectivity index (χ2n) is 4.85. The maximum Gasteiger partial charge on any atom is 0.140 e. The fourth-order valence-electron chi connectivity index (χ4n) is 2.54. The second-order valence-corrected chi connectivity index (χ2v) is 6.09. The highest BCUT2D eigenvalue weighted by Gasteiger charge is 2.22. The Morgan fingerprint density at radius 3 is 2.84 bits per heavy atom. The molecule has 0 amide bonds. The first-order valence-electron chi connectivity index (χ1n) is 6.32. The Morgan fingerprint density at radius 2 is 2.16 bits per heavy atom. The molecule has 0 atom stereocenters. The van der Waals surface area contributed by atoms with Gasteiger partial charge in [-0.05, 0) is 25.8 Å². The molecule has 2 aromatic rings. The molecule has 1 fully saturated rings. The van der Waals surface area contributed by atoms with E-state index >= 15 is 0 Å². The molecule has 6 heteroatoms. The van der Waals surface area contributed by atoms with Gasteiger partial charge in [0.2, 0.25) is 0 Å². The molecule has 0 radical (unpaired) electrons. The van der Waals surface area contributed by atoms with Crippen LogP contribution in [0.4, 0.5) is 5.82 Å². The van der Waals surface area contributed by atoms with E-state index < -0.39 is 5.97 Å². The number of anilines is 1. The molecule has 0 aliphatic carbocycles. The molecule has 3 heterocycles. The minimum absolute atomic E-state index is 0.321. The van der Waals surface area contributed by atoms with Crippen LogP contribution in [0.3, 0.4) is 0 Å². The number of nitrogens with zero attached hydrogens (tertiary/aromatic N) is 3. The van der Waals surface area contributed by atoms with Crippen LogP contribution in [0, 0.1) is 12.8 Å². The van der Waals surface area contributed by atoms with Crippen LogP contribution in [0.2, 0.25) is 0 Å². The lowest BCUT2D eigenvalue weighted by molar-refractivity contribution is -0.312. The van der Waals surface area contributed by atoms with Crippen molar-refractivity contribution in [2.45, 2.75) is 19.8 Å². The van der Waals surface area contributed by atoms with E-state index in [-0.39, 0.29) is 5.92 Å². The molecule has 2 aromatic heterocycles. The van der Waals surface area contributed by atoms with Crippen LogP contribution >= 0.6 is 11.3 Å². The summed E-state index contributed by atoms with van der Waals surface area (Å²) in [5, 5.41) is 11.9. The zero-order valence-electron chi connectivity index (χ0n) is 10.6. The lowest BCUT2D eigenvalue weighted by Gasteiger charge is -2.33. The van der Waals surface area contributed by atoms with Gasteiger partial charge in [-0.3, -0.25) is 0 Å². The fourth-order valence-corrected chi connectivity index (χ4v) is 3.38. The highest BCUT2D eigenvalue weighted by Crippen LogP contribution is 2.31. The van der Waals surface area contributed by atoms with E-state index in [0.29, 0.717) is 25.9 Å². The number of aromatic nitrogens is 2. The summed E-state index contributed by atoms with van der Waals surface area (Å²) in [6, 6.07) is 2.10. The normalized spacial score (nSPS) is 17.0. The van der Waals surface area contributed by atoms with Crippen LogP contribution < -0.4 is 10.0 Å². The summed E-state index contributed by atoms with van der Waals surface area (Å²) in [7, 11) is 0. The summed E-state index contributed by atoms with van der Waals surface area (Å²) in [5.41, 5.74) is 0. The van der Waals surface area contributed by atoms with Gasteiger partial charge in [-0.2, -0.15) is 0 Å². The average molecular weight is 276 g/mol. The molecule has 0 saturated carbocycles. The van der Waals surface area contributed by atoms with Crippen LogP contribution in [-0.2, 0) is 4.79 Å². The molecule has 0 N–H and O–H groups in total. The zero-order chi connectivity index (χ0) is 13.4. The number of carbonyl (C=O) groups is 1. The first kappa shape index (κ1) is 12.3. The smallest absolute Gasteiger partial charge is 0.140 e. The van der Waals surface area contributed by atoms with Gasteiger partial charge in [0, 0.05) is 29.9 Å². The Hall–Kier alpha value is -1.69. The van der Waals surface area contributed by atoms with Crippen LogP contribution in [-0.4, -0.2) is 29.0 Å². The van der Waals surface area contributed by atoms with Crippen molar-refractivity contribution in [3.05, 3.63) is 17.3 Å². The van der Waals surface area contributed by atoms with Crippen LogP contribution in [0.1, 0.15) is 17.7 Å². The monoisotopic (exact) mass is 276 g/mol. The Kier molecular flexibility index (Phi) is 3.10. The molecule has 1 aliphatic heterocycles. The molecule has 0 aromatic carbocycles. The van der Waals surface area contributed by atoms with Crippen LogP contribution in [0.25, 0.3) is 10.2 Å². The standard InChI is InChI=1S/C13H15N3O2S/c1-8-6-10-11(14-7-15-12(10)19-8)16-4-2-9(3-5-16)13(17)18/h6-7,9H,2-5H2,1H3,(H,17,18)/p-1. The summed E-state index contributed by atoms with van der Waals surface area (Å²) >= 11 is 1.65. The maximum atomic E-state index is 10.9. The molecule has 1 aliphatic rings. The van der Waals surface area contributed by atoms with Gasteiger partial charge >= 0.3 is 0 Å². The summed E-state index contributed by atoms with van der Waals surface area (Å²) in [6.07, 6.45) is 2.83. The van der Waals surface area contributed by atoms with E-state index in [1.165, 1.54) is 4.88 Å². The summed E-state index contributed by atoms with van der Waals surface area (Å²) < 4.78 is 0. The van der Waals surface area contributed by atoms with Crippen molar-refractivity contribution in [3.8, 4) is 0 Å². The SMILES string of the molecule is Cc1cc2c(N3CCC(C(=O)[O-])CC3)ncnc2s1. The quantitative estimate of drug-likeness (QED) is 0.817. The topological polar surface area (TPSA) is 69.2 Å². The minimum Gasteiger partial charge on any atom is -0.550 e. The van der Waals surface area contributed by atoms with E-state index in [0.717, 1.165) is 16.0 Å². The number of rotatable bonds is 2. The molecule has 1 saturated heterocycles. The van der Waals surface area contributed by atoms with Gasteiger partial charge in [-0.25, -0.2) is 9.97 Å². The van der Waals surface area contributed by atoms with E-state index in [4.69, 9.17) is 0 Å². The van der Waals surface area contributed by atoms with Gasteiger partial charge in [-0.15, -0.1) is 11.3 Å². The Morgan fingerprint density at radius 1 is 1.42 bits per heavy atom. The molecule has 0 spiro atoms. The summed E-state index contributed by atoms with van der Waals surface area (Å²) in [6.45, 7) is 3.47. The number of carboxylic acids is 1. The van der Waals surface area contributed by atoms with Gasteiger partial charge < -0.3 is 14.8 Å². The number of carbonyl (C=O) groups excluding carboxylic acids is 1. The van der Waals surface area contributed by atoms with E-state index in [9.17, 15) is 9.90 Å². The van der Waals surface area contributed by atoms with Crippen molar-refractivity contribution in [1.29, 1.82) is 0 Å². The molecule has 3 rings (SSSR count). The first-order valence-corrected chi connectivity index (χ1v) is 7.14. The number of carboxylic acid groups (broad SMARTS) is 1. The van der Waals surface area contributed by atoms with Gasteiger partial charge in [-0.1, -0.05) is 0 Å². The zero-order valence-corrected chi connectivity index (χ0v) is 11.4. The molecule has 19 heavy (non-hydrogen) atoms. The predicted octanol–water partition coefficient (Wildman–Crippen LogP) is 0.966. The van der Waals surface area contributed by atoms with E-state index in [2.05, 4.69) is 27.9 Å².